The Balaban J connectivity index is 1.72. The maximum Gasteiger partial charge on any atom is 0.304 e. The number of carboxylic acid groups (broad SMARTS) is 1. The highest BCUT2D eigenvalue weighted by Gasteiger charge is 2.30. The van der Waals surface area contributed by atoms with E-state index in [1.54, 1.807) is 0 Å². The Bertz CT molecular complexity index is 301. The van der Waals surface area contributed by atoms with E-state index in [-0.39, 0.29) is 6.42 Å². The van der Waals surface area contributed by atoms with Gasteiger partial charge in [-0.2, -0.15) is 0 Å². The maximum absolute atomic E-state index is 10.6. The average Bonchev–Trinajstić information content (AvgIpc) is 2.40. The second-order valence-electron chi connectivity index (χ2n) is 6.44. The minimum Gasteiger partial charge on any atom is -0.481 e. The SMILES string of the molecule is CC1CCC(N2CCN(CCC(=O)O)CC2)CC1C. The number of aliphatic carboxylic acids is 1. The molecule has 1 aliphatic heterocycles. The largest absolute Gasteiger partial charge is 0.481 e. The van der Waals surface area contributed by atoms with Crippen LogP contribution in [0.25, 0.3) is 0 Å². The van der Waals surface area contributed by atoms with Crippen LogP contribution in [0.2, 0.25) is 0 Å². The van der Waals surface area contributed by atoms with Crippen molar-refractivity contribution in [2.75, 3.05) is 32.7 Å². The number of piperazine rings is 1. The predicted octanol–water partition coefficient (Wildman–Crippen LogP) is 1.90. The summed E-state index contributed by atoms with van der Waals surface area (Å²) in [4.78, 5) is 15.5. The zero-order valence-corrected chi connectivity index (χ0v) is 12.3. The minimum atomic E-state index is -0.683. The van der Waals surface area contributed by atoms with Gasteiger partial charge in [0.1, 0.15) is 0 Å². The van der Waals surface area contributed by atoms with Gasteiger partial charge in [0.15, 0.2) is 0 Å². The Morgan fingerprint density at radius 3 is 2.37 bits per heavy atom. The standard InChI is InChI=1S/C15H28N2O2/c1-12-3-4-14(11-13(12)2)17-9-7-16(8-10-17)6-5-15(18)19/h12-14H,3-11H2,1-2H3,(H,18,19). The van der Waals surface area contributed by atoms with Crippen molar-refractivity contribution in [1.29, 1.82) is 0 Å². The van der Waals surface area contributed by atoms with Gasteiger partial charge in [0.2, 0.25) is 0 Å². The first-order valence-corrected chi connectivity index (χ1v) is 7.74. The van der Waals surface area contributed by atoms with Gasteiger partial charge in [-0.3, -0.25) is 9.69 Å². The van der Waals surface area contributed by atoms with Crippen LogP contribution in [-0.4, -0.2) is 59.6 Å². The summed E-state index contributed by atoms with van der Waals surface area (Å²) < 4.78 is 0. The molecule has 2 fully saturated rings. The van der Waals surface area contributed by atoms with Crippen LogP contribution in [0.15, 0.2) is 0 Å². The van der Waals surface area contributed by atoms with Gasteiger partial charge in [-0.25, -0.2) is 0 Å². The molecular formula is C15H28N2O2. The second-order valence-corrected chi connectivity index (χ2v) is 6.44. The Labute approximate surface area is 116 Å². The summed E-state index contributed by atoms with van der Waals surface area (Å²) in [6.07, 6.45) is 4.33. The topological polar surface area (TPSA) is 43.8 Å². The predicted molar refractivity (Wildman–Crippen MR) is 76.2 cm³/mol. The third-order valence-corrected chi connectivity index (χ3v) is 5.14. The normalized spacial score (nSPS) is 34.3. The monoisotopic (exact) mass is 268 g/mol. The highest BCUT2D eigenvalue weighted by atomic mass is 16.4. The second kappa shape index (κ2) is 6.71. The Hall–Kier alpha value is -0.610. The quantitative estimate of drug-likeness (QED) is 0.846. The molecule has 110 valence electrons. The van der Waals surface area contributed by atoms with Crippen molar-refractivity contribution < 1.29 is 9.90 Å². The van der Waals surface area contributed by atoms with Crippen molar-refractivity contribution in [3.63, 3.8) is 0 Å². The van der Waals surface area contributed by atoms with Crippen LogP contribution < -0.4 is 0 Å². The molecule has 0 aromatic carbocycles. The van der Waals surface area contributed by atoms with Gasteiger partial charge in [0.05, 0.1) is 6.42 Å². The molecule has 0 amide bonds. The molecule has 0 bridgehead atoms. The first-order chi connectivity index (χ1) is 9.06. The Morgan fingerprint density at radius 1 is 1.11 bits per heavy atom. The van der Waals surface area contributed by atoms with E-state index in [1.807, 2.05) is 0 Å². The van der Waals surface area contributed by atoms with E-state index in [0.29, 0.717) is 6.54 Å². The van der Waals surface area contributed by atoms with E-state index in [9.17, 15) is 4.79 Å². The molecule has 19 heavy (non-hydrogen) atoms. The number of carbonyl (C=O) groups is 1. The van der Waals surface area contributed by atoms with Crippen LogP contribution in [0.3, 0.4) is 0 Å². The van der Waals surface area contributed by atoms with E-state index >= 15 is 0 Å². The fourth-order valence-corrected chi connectivity index (χ4v) is 3.46. The minimum absolute atomic E-state index is 0.276. The zero-order chi connectivity index (χ0) is 13.8. The fraction of sp³-hybridized carbons (Fsp3) is 0.933. The van der Waals surface area contributed by atoms with Gasteiger partial charge in [-0.1, -0.05) is 13.8 Å². The van der Waals surface area contributed by atoms with E-state index < -0.39 is 5.97 Å². The molecule has 3 atom stereocenters. The lowest BCUT2D eigenvalue weighted by Crippen LogP contribution is -2.52. The van der Waals surface area contributed by atoms with E-state index in [1.165, 1.54) is 19.3 Å². The van der Waals surface area contributed by atoms with Crippen LogP contribution in [0.1, 0.15) is 39.5 Å². The van der Waals surface area contributed by atoms with Crippen molar-refractivity contribution in [2.45, 2.75) is 45.6 Å². The van der Waals surface area contributed by atoms with Crippen molar-refractivity contribution in [3.8, 4) is 0 Å². The molecule has 0 spiro atoms. The molecule has 1 heterocycles. The van der Waals surface area contributed by atoms with Gasteiger partial charge in [-0.15, -0.1) is 0 Å². The summed E-state index contributed by atoms with van der Waals surface area (Å²) in [6, 6.07) is 0.771. The Morgan fingerprint density at radius 2 is 1.79 bits per heavy atom. The first-order valence-electron chi connectivity index (χ1n) is 7.74. The first kappa shape index (κ1) is 14.8. The lowest BCUT2D eigenvalue weighted by Gasteiger charge is -2.43. The summed E-state index contributed by atoms with van der Waals surface area (Å²) >= 11 is 0. The van der Waals surface area contributed by atoms with Crippen LogP contribution >= 0.6 is 0 Å². The van der Waals surface area contributed by atoms with Gasteiger partial charge in [0, 0.05) is 38.8 Å². The van der Waals surface area contributed by atoms with Gasteiger partial charge >= 0.3 is 5.97 Å². The van der Waals surface area contributed by atoms with Crippen molar-refractivity contribution >= 4 is 5.97 Å². The molecule has 1 saturated carbocycles. The number of carboxylic acids is 1. The molecule has 3 unspecified atom stereocenters. The number of rotatable bonds is 4. The molecule has 0 aromatic rings. The molecule has 1 N–H and O–H groups in total. The summed E-state index contributed by atoms with van der Waals surface area (Å²) in [5, 5.41) is 8.72. The van der Waals surface area contributed by atoms with E-state index in [2.05, 4.69) is 23.6 Å². The molecule has 4 nitrogen and oxygen atoms in total. The van der Waals surface area contributed by atoms with Gasteiger partial charge in [-0.05, 0) is 31.1 Å². The lowest BCUT2D eigenvalue weighted by atomic mass is 9.78. The lowest BCUT2D eigenvalue weighted by molar-refractivity contribution is -0.137. The fourth-order valence-electron chi connectivity index (χ4n) is 3.46. The molecular weight excluding hydrogens is 240 g/mol. The highest BCUT2D eigenvalue weighted by molar-refractivity contribution is 5.66. The molecule has 4 heteroatoms. The zero-order valence-electron chi connectivity index (χ0n) is 12.3. The number of hydrogen-bond acceptors (Lipinski definition) is 3. The molecule has 1 aliphatic carbocycles. The summed E-state index contributed by atoms with van der Waals surface area (Å²) in [5.74, 6) is 1.05. The summed E-state index contributed by atoms with van der Waals surface area (Å²) in [5.41, 5.74) is 0. The summed E-state index contributed by atoms with van der Waals surface area (Å²) in [6.45, 7) is 9.78. The van der Waals surface area contributed by atoms with E-state index in [0.717, 1.165) is 44.1 Å². The highest BCUT2D eigenvalue weighted by Crippen LogP contribution is 2.32. The van der Waals surface area contributed by atoms with Gasteiger partial charge in [0.25, 0.3) is 0 Å². The molecule has 0 aromatic heterocycles. The van der Waals surface area contributed by atoms with Crippen LogP contribution in [0.5, 0.6) is 0 Å². The molecule has 1 saturated heterocycles. The summed E-state index contributed by atoms with van der Waals surface area (Å²) in [7, 11) is 0. The third kappa shape index (κ3) is 4.18. The van der Waals surface area contributed by atoms with Crippen molar-refractivity contribution in [3.05, 3.63) is 0 Å². The molecule has 2 rings (SSSR count). The maximum atomic E-state index is 10.6. The van der Waals surface area contributed by atoms with E-state index in [4.69, 9.17) is 5.11 Å². The number of nitrogens with zero attached hydrogens (tertiary/aromatic N) is 2. The number of hydrogen-bond donors (Lipinski definition) is 1. The Kier molecular flexibility index (Phi) is 5.22. The smallest absolute Gasteiger partial charge is 0.304 e. The average molecular weight is 268 g/mol. The van der Waals surface area contributed by atoms with Crippen LogP contribution in [0.4, 0.5) is 0 Å². The van der Waals surface area contributed by atoms with Crippen LogP contribution in [0, 0.1) is 11.8 Å². The molecule has 0 radical (unpaired) electrons. The van der Waals surface area contributed by atoms with Crippen LogP contribution in [-0.2, 0) is 4.79 Å². The molecule has 2 aliphatic rings. The van der Waals surface area contributed by atoms with Crippen molar-refractivity contribution in [1.82, 2.24) is 9.80 Å². The van der Waals surface area contributed by atoms with Gasteiger partial charge < -0.3 is 10.0 Å². The third-order valence-electron chi connectivity index (χ3n) is 5.14. The van der Waals surface area contributed by atoms with Crippen molar-refractivity contribution in [2.24, 2.45) is 11.8 Å².